The summed E-state index contributed by atoms with van der Waals surface area (Å²) in [5.74, 6) is 0.669. The van der Waals surface area contributed by atoms with E-state index in [-0.39, 0.29) is 6.04 Å². The third kappa shape index (κ3) is 4.39. The molecule has 2 atom stereocenters. The van der Waals surface area contributed by atoms with E-state index in [1.54, 1.807) is 0 Å². The van der Waals surface area contributed by atoms with Crippen LogP contribution < -0.4 is 5.32 Å². The number of nitrogens with one attached hydrogen (secondary N) is 1. The van der Waals surface area contributed by atoms with Crippen LogP contribution in [0.15, 0.2) is 78.9 Å². The number of benzene rings is 3. The zero-order chi connectivity index (χ0) is 20.2. The van der Waals surface area contributed by atoms with Crippen LogP contribution in [-0.4, -0.2) is 21.3 Å². The summed E-state index contributed by atoms with van der Waals surface area (Å²) in [6.45, 7) is 1.94. The molecule has 0 aliphatic heterocycles. The SMILES string of the molecule is CC(Nc1nnc(Cc2ccc(Cl)cc2)c2ccccc12)C(O)c1ccccc1. The van der Waals surface area contributed by atoms with Gasteiger partial charge >= 0.3 is 0 Å². The van der Waals surface area contributed by atoms with E-state index in [1.165, 1.54) is 0 Å². The van der Waals surface area contributed by atoms with Crippen molar-refractivity contribution in [3.8, 4) is 0 Å². The van der Waals surface area contributed by atoms with Gasteiger partial charge in [0.15, 0.2) is 5.82 Å². The molecule has 4 rings (SSSR count). The minimum Gasteiger partial charge on any atom is -0.386 e. The Bertz CT molecular complexity index is 1100. The maximum Gasteiger partial charge on any atom is 0.156 e. The summed E-state index contributed by atoms with van der Waals surface area (Å²) in [6.07, 6.45) is 0.0261. The van der Waals surface area contributed by atoms with Gasteiger partial charge in [-0.3, -0.25) is 0 Å². The molecule has 0 spiro atoms. The predicted molar refractivity (Wildman–Crippen MR) is 118 cm³/mol. The van der Waals surface area contributed by atoms with Gasteiger partial charge in [-0.25, -0.2) is 0 Å². The van der Waals surface area contributed by atoms with Gasteiger partial charge in [-0.2, -0.15) is 5.10 Å². The number of rotatable bonds is 6. The number of halogens is 1. The second-order valence-corrected chi connectivity index (χ2v) is 7.57. The lowest BCUT2D eigenvalue weighted by atomic mass is 10.0. The van der Waals surface area contributed by atoms with Gasteiger partial charge in [0.2, 0.25) is 0 Å². The van der Waals surface area contributed by atoms with Crippen LogP contribution in [0.4, 0.5) is 5.82 Å². The maximum absolute atomic E-state index is 10.7. The standard InChI is InChI=1S/C24H22ClN3O/c1-16(23(29)18-7-3-2-4-8-18)26-24-21-10-6-5-9-20(21)22(27-28-24)15-17-11-13-19(25)14-12-17/h2-14,16,23,29H,15H2,1H3,(H,26,28). The molecule has 0 amide bonds. The average Bonchev–Trinajstić information content (AvgIpc) is 2.77. The summed E-state index contributed by atoms with van der Waals surface area (Å²) in [6, 6.07) is 25.2. The van der Waals surface area contributed by atoms with Crippen molar-refractivity contribution in [2.24, 2.45) is 0 Å². The number of aliphatic hydroxyl groups is 1. The van der Waals surface area contributed by atoms with E-state index in [2.05, 4.69) is 21.6 Å². The zero-order valence-electron chi connectivity index (χ0n) is 16.1. The first-order chi connectivity index (χ1) is 14.1. The van der Waals surface area contributed by atoms with Gasteiger partial charge in [-0.05, 0) is 30.2 Å². The van der Waals surface area contributed by atoms with E-state index in [0.29, 0.717) is 12.2 Å². The molecule has 0 saturated heterocycles. The van der Waals surface area contributed by atoms with Crippen molar-refractivity contribution in [2.75, 3.05) is 5.32 Å². The van der Waals surface area contributed by atoms with Crippen molar-refractivity contribution in [3.63, 3.8) is 0 Å². The second kappa shape index (κ2) is 8.60. The third-order valence-corrected chi connectivity index (χ3v) is 5.28. The van der Waals surface area contributed by atoms with Gasteiger partial charge in [0, 0.05) is 22.2 Å². The molecule has 29 heavy (non-hydrogen) atoms. The van der Waals surface area contributed by atoms with E-state index in [9.17, 15) is 5.11 Å². The van der Waals surface area contributed by atoms with Gasteiger partial charge in [-0.15, -0.1) is 5.10 Å². The van der Waals surface area contributed by atoms with Crippen LogP contribution in [-0.2, 0) is 6.42 Å². The molecule has 2 unspecified atom stereocenters. The Balaban J connectivity index is 1.62. The lowest BCUT2D eigenvalue weighted by Gasteiger charge is -2.22. The summed E-state index contributed by atoms with van der Waals surface area (Å²) in [5, 5.41) is 25.7. The highest BCUT2D eigenvalue weighted by molar-refractivity contribution is 6.30. The fourth-order valence-corrected chi connectivity index (χ4v) is 3.55. The van der Waals surface area contributed by atoms with Gasteiger partial charge in [0.25, 0.3) is 0 Å². The first-order valence-corrected chi connectivity index (χ1v) is 9.98. The largest absolute Gasteiger partial charge is 0.386 e. The Morgan fingerprint density at radius 1 is 0.862 bits per heavy atom. The van der Waals surface area contributed by atoms with Gasteiger partial charge in [-0.1, -0.05) is 78.3 Å². The number of hydrogen-bond acceptors (Lipinski definition) is 4. The highest BCUT2D eigenvalue weighted by Gasteiger charge is 2.18. The molecule has 0 radical (unpaired) electrons. The summed E-state index contributed by atoms with van der Waals surface area (Å²) in [7, 11) is 0. The van der Waals surface area contributed by atoms with Crippen molar-refractivity contribution >= 4 is 28.2 Å². The number of nitrogens with zero attached hydrogens (tertiary/aromatic N) is 2. The molecule has 0 aliphatic carbocycles. The average molecular weight is 404 g/mol. The quantitative estimate of drug-likeness (QED) is 0.452. The van der Waals surface area contributed by atoms with Crippen molar-refractivity contribution in [3.05, 3.63) is 101 Å². The molecule has 4 nitrogen and oxygen atoms in total. The van der Waals surface area contributed by atoms with Crippen molar-refractivity contribution in [1.82, 2.24) is 10.2 Å². The number of aromatic nitrogens is 2. The lowest BCUT2D eigenvalue weighted by Crippen LogP contribution is -2.25. The normalized spacial score (nSPS) is 13.2. The minimum absolute atomic E-state index is 0.225. The molecule has 3 aromatic carbocycles. The molecule has 2 N–H and O–H groups in total. The molecule has 1 aromatic heterocycles. The van der Waals surface area contributed by atoms with Crippen molar-refractivity contribution in [1.29, 1.82) is 0 Å². The smallest absolute Gasteiger partial charge is 0.156 e. The van der Waals surface area contributed by atoms with Gasteiger partial charge < -0.3 is 10.4 Å². The highest BCUT2D eigenvalue weighted by atomic mass is 35.5. The minimum atomic E-state index is -0.648. The Morgan fingerprint density at radius 2 is 1.52 bits per heavy atom. The molecule has 0 saturated carbocycles. The van der Waals surface area contributed by atoms with Gasteiger partial charge in [0.1, 0.15) is 0 Å². The zero-order valence-corrected chi connectivity index (χ0v) is 16.8. The highest BCUT2D eigenvalue weighted by Crippen LogP contribution is 2.27. The van der Waals surface area contributed by atoms with Crippen molar-refractivity contribution < 1.29 is 5.11 Å². The molecule has 0 fully saturated rings. The molecule has 4 aromatic rings. The number of hydrogen-bond donors (Lipinski definition) is 2. The maximum atomic E-state index is 10.7. The monoisotopic (exact) mass is 403 g/mol. The summed E-state index contributed by atoms with van der Waals surface area (Å²) in [4.78, 5) is 0. The summed E-state index contributed by atoms with van der Waals surface area (Å²) >= 11 is 5.99. The lowest BCUT2D eigenvalue weighted by molar-refractivity contribution is 0.160. The van der Waals surface area contributed by atoms with E-state index in [1.807, 2.05) is 79.7 Å². The number of aliphatic hydroxyl groups excluding tert-OH is 1. The molecule has 1 heterocycles. The molecule has 5 heteroatoms. The summed E-state index contributed by atoms with van der Waals surface area (Å²) < 4.78 is 0. The fraction of sp³-hybridized carbons (Fsp3) is 0.167. The van der Waals surface area contributed by atoms with Gasteiger partial charge in [0.05, 0.1) is 17.8 Å². The fourth-order valence-electron chi connectivity index (χ4n) is 3.43. The van der Waals surface area contributed by atoms with Crippen LogP contribution in [0.1, 0.15) is 29.8 Å². The van der Waals surface area contributed by atoms with Crippen LogP contribution in [0, 0.1) is 0 Å². The van der Waals surface area contributed by atoms with Crippen LogP contribution >= 0.6 is 11.6 Å². The van der Waals surface area contributed by atoms with Crippen LogP contribution in [0.3, 0.4) is 0 Å². The summed E-state index contributed by atoms with van der Waals surface area (Å²) in [5.41, 5.74) is 2.90. The molecular weight excluding hydrogens is 382 g/mol. The first kappa shape index (κ1) is 19.4. The Kier molecular flexibility index (Phi) is 5.74. The second-order valence-electron chi connectivity index (χ2n) is 7.13. The molecule has 0 aliphatic rings. The van der Waals surface area contributed by atoms with E-state index >= 15 is 0 Å². The van der Waals surface area contributed by atoms with Crippen molar-refractivity contribution in [2.45, 2.75) is 25.5 Å². The van der Waals surface area contributed by atoms with Crippen LogP contribution in [0.25, 0.3) is 10.8 Å². The topological polar surface area (TPSA) is 58.0 Å². The number of anilines is 1. The molecule has 146 valence electrons. The predicted octanol–water partition coefficient (Wildman–Crippen LogP) is 5.41. The van der Waals surface area contributed by atoms with Crippen LogP contribution in [0.2, 0.25) is 5.02 Å². The molecule has 0 bridgehead atoms. The Labute approximate surface area is 175 Å². The van der Waals surface area contributed by atoms with Crippen LogP contribution in [0.5, 0.6) is 0 Å². The third-order valence-electron chi connectivity index (χ3n) is 5.03. The number of fused-ring (bicyclic) bond motifs is 1. The van der Waals surface area contributed by atoms with E-state index in [0.717, 1.165) is 32.6 Å². The van der Waals surface area contributed by atoms with E-state index < -0.39 is 6.10 Å². The molecular formula is C24H22ClN3O. The first-order valence-electron chi connectivity index (χ1n) is 9.60. The van der Waals surface area contributed by atoms with E-state index in [4.69, 9.17) is 11.6 Å². The Morgan fingerprint density at radius 3 is 2.24 bits per heavy atom. The Hall–Kier alpha value is -2.95.